The number of aliphatic hydroxyl groups is 1. The summed E-state index contributed by atoms with van der Waals surface area (Å²) in [6.07, 6.45) is 8.17. The summed E-state index contributed by atoms with van der Waals surface area (Å²) in [5, 5.41) is 10.2. The second-order valence-electron chi connectivity index (χ2n) is 8.21. The van der Waals surface area contributed by atoms with Gasteiger partial charge in [0.25, 0.3) is 0 Å². The second kappa shape index (κ2) is 11.9. The highest BCUT2D eigenvalue weighted by Crippen LogP contribution is 2.37. The molecular weight excluding hydrogens is 462 g/mol. The number of benzene rings is 1. The molecule has 0 atom stereocenters. The fourth-order valence-corrected chi connectivity index (χ4v) is 5.40. The molecule has 4 rings (SSSR count). The normalized spacial score (nSPS) is 13.3. The van der Waals surface area contributed by atoms with E-state index in [2.05, 4.69) is 16.8 Å². The molecule has 1 saturated carbocycles. The maximum absolute atomic E-state index is 12.9. The predicted molar refractivity (Wildman–Crippen MR) is 135 cm³/mol. The quantitative estimate of drug-likeness (QED) is 0.361. The number of rotatable bonds is 8. The van der Waals surface area contributed by atoms with Gasteiger partial charge in [0.05, 0.1) is 24.2 Å². The predicted octanol–water partition coefficient (Wildman–Crippen LogP) is 4.71. The molecule has 0 unspecified atom stereocenters. The third-order valence-corrected chi connectivity index (χ3v) is 7.05. The van der Waals surface area contributed by atoms with Crippen LogP contribution in [0.4, 0.5) is 0 Å². The second-order valence-corrected chi connectivity index (χ2v) is 9.47. The van der Waals surface area contributed by atoms with Crippen molar-refractivity contribution >= 4 is 17.7 Å². The Bertz CT molecular complexity index is 1220. The van der Waals surface area contributed by atoms with Crippen molar-refractivity contribution in [3.63, 3.8) is 0 Å². The van der Waals surface area contributed by atoms with Crippen LogP contribution in [0.5, 0.6) is 5.75 Å². The van der Waals surface area contributed by atoms with E-state index in [1.807, 2.05) is 41.8 Å². The minimum Gasteiger partial charge on any atom is -0.487 e. The van der Waals surface area contributed by atoms with Gasteiger partial charge in [-0.05, 0) is 62.6 Å². The molecule has 1 aliphatic rings. The summed E-state index contributed by atoms with van der Waals surface area (Å²) in [5.74, 6) is 5.78. The number of imidazole rings is 1. The standard InChI is InChI=1S/C27H29N3O4S/c1-3-33-26(32)25-24(18-34-22-13-12-20(8-7-15-31)19(2)16-22)30(21-9-6-14-28-17-21)27(29-25)35-23-10-4-5-11-23/h6,9,12-14,16-17,23,31H,3-5,10-11,15,18H2,1-2H3. The number of aliphatic hydroxyl groups excluding tert-OH is 1. The summed E-state index contributed by atoms with van der Waals surface area (Å²) in [7, 11) is 0. The third-order valence-electron chi connectivity index (χ3n) is 5.76. The number of pyridine rings is 1. The third kappa shape index (κ3) is 6.05. The van der Waals surface area contributed by atoms with Gasteiger partial charge < -0.3 is 14.6 Å². The van der Waals surface area contributed by atoms with Gasteiger partial charge >= 0.3 is 5.97 Å². The first-order chi connectivity index (χ1) is 17.1. The van der Waals surface area contributed by atoms with Crippen molar-refractivity contribution in [3.8, 4) is 23.3 Å². The highest BCUT2D eigenvalue weighted by atomic mass is 32.2. The maximum Gasteiger partial charge on any atom is 0.359 e. The Hall–Kier alpha value is -3.28. The average molecular weight is 492 g/mol. The molecule has 0 radical (unpaired) electrons. The molecule has 0 bridgehead atoms. The van der Waals surface area contributed by atoms with Gasteiger partial charge in [0.2, 0.25) is 0 Å². The van der Waals surface area contributed by atoms with Crippen LogP contribution in [-0.4, -0.2) is 44.1 Å². The lowest BCUT2D eigenvalue weighted by atomic mass is 10.1. The number of nitrogens with zero attached hydrogens (tertiary/aromatic N) is 3. The molecule has 7 nitrogen and oxygen atoms in total. The molecule has 1 aromatic carbocycles. The number of esters is 1. The van der Waals surface area contributed by atoms with Gasteiger partial charge in [-0.25, -0.2) is 9.78 Å². The van der Waals surface area contributed by atoms with Crippen LogP contribution in [0.2, 0.25) is 0 Å². The summed E-state index contributed by atoms with van der Waals surface area (Å²) in [6, 6.07) is 9.40. The Morgan fingerprint density at radius 2 is 2.11 bits per heavy atom. The molecule has 35 heavy (non-hydrogen) atoms. The van der Waals surface area contributed by atoms with Crippen LogP contribution < -0.4 is 4.74 Å². The first kappa shape index (κ1) is 24.8. The van der Waals surface area contributed by atoms with E-state index >= 15 is 0 Å². The summed E-state index contributed by atoms with van der Waals surface area (Å²) in [5.41, 5.74) is 3.47. The molecule has 0 aliphatic heterocycles. The molecule has 0 spiro atoms. The van der Waals surface area contributed by atoms with Gasteiger partial charge in [0.15, 0.2) is 10.9 Å². The van der Waals surface area contributed by atoms with Gasteiger partial charge in [-0.3, -0.25) is 9.55 Å². The van der Waals surface area contributed by atoms with Crippen molar-refractivity contribution in [1.82, 2.24) is 14.5 Å². The fraction of sp³-hybridized carbons (Fsp3) is 0.370. The van der Waals surface area contributed by atoms with Crippen molar-refractivity contribution in [2.24, 2.45) is 0 Å². The van der Waals surface area contributed by atoms with Crippen LogP contribution in [-0.2, 0) is 11.3 Å². The smallest absolute Gasteiger partial charge is 0.359 e. The molecular formula is C27H29N3O4S. The van der Waals surface area contributed by atoms with Crippen molar-refractivity contribution in [2.75, 3.05) is 13.2 Å². The van der Waals surface area contributed by atoms with E-state index < -0.39 is 5.97 Å². The Balaban J connectivity index is 1.71. The average Bonchev–Trinajstić information content (AvgIpc) is 3.51. The Morgan fingerprint density at radius 3 is 2.80 bits per heavy atom. The lowest BCUT2D eigenvalue weighted by molar-refractivity contribution is 0.0516. The molecule has 1 fully saturated rings. The maximum atomic E-state index is 12.9. The lowest BCUT2D eigenvalue weighted by Gasteiger charge is -2.15. The van der Waals surface area contributed by atoms with E-state index in [1.54, 1.807) is 31.1 Å². The van der Waals surface area contributed by atoms with Gasteiger partial charge in [0, 0.05) is 17.0 Å². The van der Waals surface area contributed by atoms with Crippen molar-refractivity contribution in [1.29, 1.82) is 0 Å². The Morgan fingerprint density at radius 1 is 1.29 bits per heavy atom. The van der Waals surface area contributed by atoms with Gasteiger partial charge in [-0.2, -0.15) is 0 Å². The van der Waals surface area contributed by atoms with Crippen LogP contribution in [0.3, 0.4) is 0 Å². The van der Waals surface area contributed by atoms with Crippen molar-refractivity contribution in [3.05, 3.63) is 65.2 Å². The van der Waals surface area contributed by atoms with Crippen LogP contribution in [0.25, 0.3) is 5.69 Å². The lowest BCUT2D eigenvalue weighted by Crippen LogP contribution is -2.13. The van der Waals surface area contributed by atoms with E-state index in [0.717, 1.165) is 34.8 Å². The SMILES string of the molecule is CCOC(=O)c1nc(SC2CCCC2)n(-c2cccnc2)c1COc1ccc(C#CCO)c(C)c1. The first-order valence-corrected chi connectivity index (χ1v) is 12.7. The number of carbonyl (C=O) groups excluding carboxylic acids is 1. The summed E-state index contributed by atoms with van der Waals surface area (Å²) < 4.78 is 13.5. The molecule has 2 heterocycles. The minimum absolute atomic E-state index is 0.127. The van der Waals surface area contributed by atoms with E-state index in [1.165, 1.54) is 12.8 Å². The summed E-state index contributed by atoms with van der Waals surface area (Å²) in [6.45, 7) is 3.93. The van der Waals surface area contributed by atoms with E-state index in [4.69, 9.17) is 19.6 Å². The highest BCUT2D eigenvalue weighted by Gasteiger charge is 2.28. The largest absolute Gasteiger partial charge is 0.487 e. The molecule has 1 aliphatic carbocycles. The van der Waals surface area contributed by atoms with E-state index in [-0.39, 0.29) is 25.5 Å². The minimum atomic E-state index is -0.465. The number of ether oxygens (including phenoxy) is 2. The number of aryl methyl sites for hydroxylation is 1. The Kier molecular flexibility index (Phi) is 8.45. The van der Waals surface area contributed by atoms with Crippen molar-refractivity contribution < 1.29 is 19.4 Å². The molecule has 2 aromatic heterocycles. The van der Waals surface area contributed by atoms with E-state index in [9.17, 15) is 4.79 Å². The van der Waals surface area contributed by atoms with Crippen LogP contribution in [0, 0.1) is 18.8 Å². The van der Waals surface area contributed by atoms with Crippen LogP contribution in [0.15, 0.2) is 47.9 Å². The zero-order chi connectivity index (χ0) is 24.6. The zero-order valence-electron chi connectivity index (χ0n) is 20.0. The van der Waals surface area contributed by atoms with Crippen LogP contribution >= 0.6 is 11.8 Å². The van der Waals surface area contributed by atoms with Gasteiger partial charge in [-0.15, -0.1) is 0 Å². The molecule has 3 aromatic rings. The van der Waals surface area contributed by atoms with Gasteiger partial charge in [0.1, 0.15) is 19.0 Å². The number of hydrogen-bond donors (Lipinski definition) is 1. The topological polar surface area (TPSA) is 86.5 Å². The monoisotopic (exact) mass is 491 g/mol. The highest BCUT2D eigenvalue weighted by molar-refractivity contribution is 7.99. The van der Waals surface area contributed by atoms with Crippen molar-refractivity contribution in [2.45, 2.75) is 56.5 Å². The first-order valence-electron chi connectivity index (χ1n) is 11.8. The molecule has 182 valence electrons. The number of aromatic nitrogens is 3. The number of hydrogen-bond acceptors (Lipinski definition) is 7. The zero-order valence-corrected chi connectivity index (χ0v) is 20.8. The fourth-order valence-electron chi connectivity index (χ4n) is 4.07. The number of carbonyl (C=O) groups is 1. The molecule has 8 heteroatoms. The molecule has 0 amide bonds. The van der Waals surface area contributed by atoms with Gasteiger partial charge in [-0.1, -0.05) is 36.4 Å². The van der Waals surface area contributed by atoms with Crippen LogP contribution in [0.1, 0.15) is 59.9 Å². The molecule has 1 N–H and O–H groups in total. The molecule has 0 saturated heterocycles. The Labute approximate surface area is 209 Å². The van der Waals surface area contributed by atoms with E-state index in [0.29, 0.717) is 16.7 Å². The summed E-state index contributed by atoms with van der Waals surface area (Å²) in [4.78, 5) is 21.9. The number of thioether (sulfide) groups is 1. The summed E-state index contributed by atoms with van der Waals surface area (Å²) >= 11 is 1.70.